The van der Waals surface area contributed by atoms with Crippen LogP contribution in [0.2, 0.25) is 0 Å². The quantitative estimate of drug-likeness (QED) is 0.481. The first-order valence-corrected chi connectivity index (χ1v) is 10.9. The first-order chi connectivity index (χ1) is 15.0. The van der Waals surface area contributed by atoms with Crippen LogP contribution in [-0.2, 0) is 33.2 Å². The van der Waals surface area contributed by atoms with E-state index in [4.69, 9.17) is 28.4 Å². The van der Waals surface area contributed by atoms with Crippen molar-refractivity contribution >= 4 is 5.91 Å². The van der Waals surface area contributed by atoms with Crippen LogP contribution in [0.4, 0.5) is 0 Å². The Morgan fingerprint density at radius 1 is 1.28 bits per heavy atom. The lowest BCUT2D eigenvalue weighted by atomic mass is 9.74. The zero-order valence-electron chi connectivity index (χ0n) is 19.7. The summed E-state index contributed by atoms with van der Waals surface area (Å²) in [6.45, 7) is 11.4. The molecular formula is C22H37NO9. The predicted molar refractivity (Wildman–Crippen MR) is 112 cm³/mol. The van der Waals surface area contributed by atoms with Crippen LogP contribution >= 0.6 is 0 Å². The number of hydrogen-bond donors (Lipinski definition) is 3. The van der Waals surface area contributed by atoms with Crippen LogP contribution in [0.25, 0.3) is 0 Å². The van der Waals surface area contributed by atoms with Crippen LogP contribution in [-0.4, -0.2) is 92.4 Å². The van der Waals surface area contributed by atoms with Crippen molar-refractivity contribution in [2.24, 2.45) is 11.3 Å². The molecule has 3 heterocycles. The predicted octanol–water partition coefficient (Wildman–Crippen LogP) is 0.307. The second-order valence-electron chi connectivity index (χ2n) is 9.46. The molecule has 0 aromatic carbocycles. The zero-order valence-corrected chi connectivity index (χ0v) is 19.7. The van der Waals surface area contributed by atoms with Gasteiger partial charge in [-0.05, 0) is 6.92 Å². The summed E-state index contributed by atoms with van der Waals surface area (Å²) in [7, 11) is 2.95. The second-order valence-corrected chi connectivity index (χ2v) is 9.46. The lowest BCUT2D eigenvalue weighted by Crippen LogP contribution is -2.69. The molecule has 3 aliphatic rings. The molecule has 3 rings (SSSR count). The molecule has 3 fully saturated rings. The summed E-state index contributed by atoms with van der Waals surface area (Å²) in [4.78, 5) is 13.1. The molecule has 3 saturated heterocycles. The summed E-state index contributed by atoms with van der Waals surface area (Å²) in [6, 6.07) is 0. The maximum atomic E-state index is 13.1. The van der Waals surface area contributed by atoms with E-state index in [-0.39, 0.29) is 31.8 Å². The average Bonchev–Trinajstić information content (AvgIpc) is 2.75. The standard InChI is InChI=1S/C22H37NO9/c1-11-8-22(28-7,32-13(3)12(11)2)17(25)19(26)23-20-16-15(29-10-30-20)18(27-6)21(4,5)14(9-24)31-16/h12-18,20,24-25H,1,8-10H2,2-7H3,(H,23,26)/t12-,13-,14-,15+,16-,17-,18-,20+,22-/m1/s1. The van der Waals surface area contributed by atoms with E-state index in [0.29, 0.717) is 0 Å². The number of aliphatic hydroxyl groups is 2. The van der Waals surface area contributed by atoms with Gasteiger partial charge in [0, 0.05) is 32.0 Å². The van der Waals surface area contributed by atoms with Crippen LogP contribution in [0.5, 0.6) is 0 Å². The van der Waals surface area contributed by atoms with Crippen molar-refractivity contribution in [3.05, 3.63) is 12.2 Å². The molecule has 0 radical (unpaired) electrons. The molecule has 184 valence electrons. The molecule has 1 amide bonds. The van der Waals surface area contributed by atoms with Gasteiger partial charge in [0.25, 0.3) is 5.91 Å². The number of fused-ring (bicyclic) bond motifs is 1. The Labute approximate surface area is 189 Å². The van der Waals surface area contributed by atoms with E-state index in [1.807, 2.05) is 27.7 Å². The molecule has 10 nitrogen and oxygen atoms in total. The normalized spacial score (nSPS) is 42.8. The van der Waals surface area contributed by atoms with E-state index < -0.39 is 53.9 Å². The van der Waals surface area contributed by atoms with Gasteiger partial charge >= 0.3 is 0 Å². The topological polar surface area (TPSA) is 125 Å². The minimum absolute atomic E-state index is 0.0634. The van der Waals surface area contributed by atoms with Gasteiger partial charge in [-0.15, -0.1) is 0 Å². The summed E-state index contributed by atoms with van der Waals surface area (Å²) in [6.07, 6.45) is -4.98. The molecule has 3 aliphatic heterocycles. The minimum atomic E-state index is -1.64. The van der Waals surface area contributed by atoms with E-state index in [1.54, 1.807) is 7.11 Å². The molecule has 3 N–H and O–H groups in total. The fraction of sp³-hybridized carbons (Fsp3) is 0.864. The highest BCUT2D eigenvalue weighted by molar-refractivity contribution is 5.82. The molecule has 0 aromatic heterocycles. The number of ether oxygens (including phenoxy) is 6. The average molecular weight is 460 g/mol. The Balaban J connectivity index is 1.77. The van der Waals surface area contributed by atoms with Crippen LogP contribution in [0.3, 0.4) is 0 Å². The molecule has 0 spiro atoms. The first-order valence-electron chi connectivity index (χ1n) is 10.9. The molecule has 0 bridgehead atoms. The van der Waals surface area contributed by atoms with E-state index in [1.165, 1.54) is 7.11 Å². The number of aliphatic hydroxyl groups excluding tert-OH is 2. The van der Waals surface area contributed by atoms with Gasteiger partial charge in [-0.25, -0.2) is 0 Å². The summed E-state index contributed by atoms with van der Waals surface area (Å²) in [5, 5.41) is 23.5. The highest BCUT2D eigenvalue weighted by atomic mass is 16.7. The Hall–Kier alpha value is -1.11. The van der Waals surface area contributed by atoms with Crippen LogP contribution in [0.15, 0.2) is 12.2 Å². The fourth-order valence-electron chi connectivity index (χ4n) is 4.85. The largest absolute Gasteiger partial charge is 0.394 e. The monoisotopic (exact) mass is 459 g/mol. The highest BCUT2D eigenvalue weighted by Crippen LogP contribution is 2.42. The van der Waals surface area contributed by atoms with Crippen LogP contribution in [0, 0.1) is 11.3 Å². The van der Waals surface area contributed by atoms with Gasteiger partial charge in [0.05, 0.1) is 24.9 Å². The smallest absolute Gasteiger partial charge is 0.256 e. The summed E-state index contributed by atoms with van der Waals surface area (Å²) in [5.74, 6) is -2.24. The van der Waals surface area contributed by atoms with Gasteiger partial charge in [-0.2, -0.15) is 0 Å². The van der Waals surface area contributed by atoms with Crippen molar-refractivity contribution in [2.75, 3.05) is 27.6 Å². The van der Waals surface area contributed by atoms with Crippen LogP contribution < -0.4 is 5.32 Å². The lowest BCUT2D eigenvalue weighted by Gasteiger charge is -2.53. The van der Waals surface area contributed by atoms with E-state index in [0.717, 1.165) is 5.57 Å². The number of carbonyl (C=O) groups is 1. The number of carbonyl (C=O) groups excluding carboxylic acids is 1. The third kappa shape index (κ3) is 4.35. The van der Waals surface area contributed by atoms with E-state index in [2.05, 4.69) is 11.9 Å². The SMILES string of the molecule is C=C1C[C@](OC)([C@H](O)C(=O)N[C@H]2OCO[C@H]3[C@H]2O[C@H](CO)C(C)(C)[C@@H]3OC)O[C@H](C)[C@@H]1C. The van der Waals surface area contributed by atoms with Crippen molar-refractivity contribution in [1.82, 2.24) is 5.32 Å². The third-order valence-corrected chi connectivity index (χ3v) is 7.23. The second kappa shape index (κ2) is 9.63. The maximum absolute atomic E-state index is 13.1. The van der Waals surface area contributed by atoms with Crippen molar-refractivity contribution in [3.8, 4) is 0 Å². The van der Waals surface area contributed by atoms with Gasteiger partial charge in [0.1, 0.15) is 19.0 Å². The molecule has 10 heteroatoms. The van der Waals surface area contributed by atoms with E-state index >= 15 is 0 Å². The number of amides is 1. The maximum Gasteiger partial charge on any atom is 0.256 e. The van der Waals surface area contributed by atoms with E-state index in [9.17, 15) is 15.0 Å². The molecule has 0 aliphatic carbocycles. The molecule has 9 atom stereocenters. The summed E-state index contributed by atoms with van der Waals surface area (Å²) < 4.78 is 34.6. The van der Waals surface area contributed by atoms with Crippen molar-refractivity contribution in [3.63, 3.8) is 0 Å². The number of methoxy groups -OCH3 is 2. The zero-order chi connectivity index (χ0) is 23.8. The van der Waals surface area contributed by atoms with Crippen molar-refractivity contribution in [2.45, 2.75) is 82.8 Å². The Morgan fingerprint density at radius 3 is 2.53 bits per heavy atom. The number of rotatable bonds is 6. The van der Waals surface area contributed by atoms with Crippen LogP contribution in [0.1, 0.15) is 34.1 Å². The molecule has 0 saturated carbocycles. The minimum Gasteiger partial charge on any atom is -0.394 e. The van der Waals surface area contributed by atoms with Gasteiger partial charge in [0.15, 0.2) is 12.3 Å². The van der Waals surface area contributed by atoms with Gasteiger partial charge in [0.2, 0.25) is 5.79 Å². The molecule has 32 heavy (non-hydrogen) atoms. The van der Waals surface area contributed by atoms with Gasteiger partial charge < -0.3 is 44.0 Å². The molecular weight excluding hydrogens is 422 g/mol. The highest BCUT2D eigenvalue weighted by Gasteiger charge is 2.56. The van der Waals surface area contributed by atoms with Crippen molar-refractivity contribution in [1.29, 1.82) is 0 Å². The van der Waals surface area contributed by atoms with Gasteiger partial charge in [-0.1, -0.05) is 32.9 Å². The third-order valence-electron chi connectivity index (χ3n) is 7.23. The van der Waals surface area contributed by atoms with Crippen molar-refractivity contribution < 1.29 is 43.4 Å². The Morgan fingerprint density at radius 2 is 1.97 bits per heavy atom. The Bertz CT molecular complexity index is 701. The molecule has 0 aromatic rings. The number of hydrogen-bond acceptors (Lipinski definition) is 9. The fourth-order valence-corrected chi connectivity index (χ4v) is 4.85. The lowest BCUT2D eigenvalue weighted by molar-refractivity contribution is -0.333. The van der Waals surface area contributed by atoms with Gasteiger partial charge in [-0.3, -0.25) is 4.79 Å². The Kier molecular flexibility index (Phi) is 7.68. The summed E-state index contributed by atoms with van der Waals surface area (Å²) >= 11 is 0. The summed E-state index contributed by atoms with van der Waals surface area (Å²) in [5.41, 5.74) is 0.283. The molecule has 0 unspecified atom stereocenters. The first kappa shape index (κ1) is 25.5. The number of nitrogens with one attached hydrogen (secondary N) is 1.